The Bertz CT molecular complexity index is 754. The monoisotopic (exact) mass is 314 g/mol. The van der Waals surface area contributed by atoms with Crippen LogP contribution in [0.1, 0.15) is 42.6 Å². The molecule has 7 heteroatoms. The van der Waals surface area contributed by atoms with Gasteiger partial charge in [-0.15, -0.1) is 5.10 Å². The second-order valence-corrected chi connectivity index (χ2v) is 6.30. The smallest absolute Gasteiger partial charge is 0.392 e. The summed E-state index contributed by atoms with van der Waals surface area (Å²) in [6.07, 6.45) is 6.23. The Balaban J connectivity index is 1.42. The molecule has 3 heterocycles. The first-order valence-corrected chi connectivity index (χ1v) is 7.96. The summed E-state index contributed by atoms with van der Waals surface area (Å²) < 4.78 is 5.05. The van der Waals surface area contributed by atoms with E-state index in [1.54, 1.807) is 12.4 Å². The van der Waals surface area contributed by atoms with Crippen molar-refractivity contribution in [3.8, 4) is 0 Å². The van der Waals surface area contributed by atoms with Crippen LogP contribution in [0.3, 0.4) is 0 Å². The highest BCUT2D eigenvalue weighted by molar-refractivity contribution is 5.83. The molecule has 1 saturated heterocycles. The third-order valence-corrected chi connectivity index (χ3v) is 4.78. The number of pyridine rings is 1. The molecule has 0 spiro atoms. The number of nitrogens with zero attached hydrogens (tertiary/aromatic N) is 3. The summed E-state index contributed by atoms with van der Waals surface area (Å²) in [6.45, 7) is 1.34. The van der Waals surface area contributed by atoms with Gasteiger partial charge >= 0.3 is 5.76 Å². The molecule has 120 valence electrons. The molecule has 2 aromatic heterocycles. The van der Waals surface area contributed by atoms with E-state index in [4.69, 9.17) is 4.42 Å². The van der Waals surface area contributed by atoms with Crippen molar-refractivity contribution in [2.45, 2.75) is 31.1 Å². The van der Waals surface area contributed by atoms with Crippen molar-refractivity contribution in [3.63, 3.8) is 0 Å². The van der Waals surface area contributed by atoms with Crippen LogP contribution in [0.2, 0.25) is 0 Å². The van der Waals surface area contributed by atoms with E-state index in [2.05, 4.69) is 15.2 Å². The van der Waals surface area contributed by atoms with E-state index < -0.39 is 5.76 Å². The summed E-state index contributed by atoms with van der Waals surface area (Å²) in [5.41, 5.74) is 1.19. The van der Waals surface area contributed by atoms with Gasteiger partial charge in [0.05, 0.1) is 5.92 Å². The maximum Gasteiger partial charge on any atom is 0.434 e. The van der Waals surface area contributed by atoms with Crippen LogP contribution in [0.4, 0.5) is 0 Å². The number of piperidine rings is 1. The molecule has 3 atom stereocenters. The molecule has 7 nitrogen and oxygen atoms in total. The number of hydrogen-bond donors (Lipinski definition) is 1. The van der Waals surface area contributed by atoms with Gasteiger partial charge in [0, 0.05) is 31.4 Å². The summed E-state index contributed by atoms with van der Waals surface area (Å²) >= 11 is 0. The van der Waals surface area contributed by atoms with Crippen molar-refractivity contribution in [2.24, 2.45) is 5.92 Å². The van der Waals surface area contributed by atoms with Crippen LogP contribution in [0.15, 0.2) is 33.7 Å². The van der Waals surface area contributed by atoms with E-state index in [9.17, 15) is 9.59 Å². The van der Waals surface area contributed by atoms with E-state index in [1.165, 1.54) is 5.56 Å². The summed E-state index contributed by atoms with van der Waals surface area (Å²) in [6, 6.07) is 3.96. The number of aromatic nitrogens is 3. The van der Waals surface area contributed by atoms with Gasteiger partial charge in [0.25, 0.3) is 0 Å². The minimum Gasteiger partial charge on any atom is -0.392 e. The Morgan fingerprint density at radius 3 is 2.91 bits per heavy atom. The fourth-order valence-electron chi connectivity index (χ4n) is 3.48. The number of hydrogen-bond acceptors (Lipinski definition) is 5. The van der Waals surface area contributed by atoms with E-state index in [1.807, 2.05) is 17.0 Å². The molecule has 23 heavy (non-hydrogen) atoms. The van der Waals surface area contributed by atoms with Crippen LogP contribution in [0.25, 0.3) is 0 Å². The van der Waals surface area contributed by atoms with Crippen LogP contribution in [0, 0.1) is 5.92 Å². The molecule has 1 aliphatic heterocycles. The highest BCUT2D eigenvalue weighted by Gasteiger charge is 2.46. The Labute approximate surface area is 132 Å². The van der Waals surface area contributed by atoms with Gasteiger partial charge in [0.15, 0.2) is 0 Å². The number of carbonyl (C=O) groups excluding carboxylic acids is 1. The van der Waals surface area contributed by atoms with Crippen LogP contribution >= 0.6 is 0 Å². The summed E-state index contributed by atoms with van der Waals surface area (Å²) in [5, 5.41) is 6.20. The molecule has 2 aliphatic rings. The predicted molar refractivity (Wildman–Crippen MR) is 80.8 cm³/mol. The van der Waals surface area contributed by atoms with Gasteiger partial charge in [-0.05, 0) is 42.9 Å². The van der Waals surface area contributed by atoms with Crippen LogP contribution in [-0.2, 0) is 4.79 Å². The number of nitrogens with one attached hydrogen (secondary N) is 1. The second kappa shape index (κ2) is 5.64. The average molecular weight is 314 g/mol. The molecule has 0 radical (unpaired) electrons. The fraction of sp³-hybridized carbons (Fsp3) is 0.500. The Morgan fingerprint density at radius 2 is 2.17 bits per heavy atom. The van der Waals surface area contributed by atoms with E-state index >= 15 is 0 Å². The van der Waals surface area contributed by atoms with Gasteiger partial charge in [-0.1, -0.05) is 0 Å². The molecule has 2 aromatic rings. The van der Waals surface area contributed by atoms with Crippen LogP contribution in [0.5, 0.6) is 0 Å². The molecule has 0 aromatic carbocycles. The van der Waals surface area contributed by atoms with Crippen molar-refractivity contribution in [2.75, 3.05) is 13.1 Å². The van der Waals surface area contributed by atoms with Gasteiger partial charge < -0.3 is 9.32 Å². The Hall–Kier alpha value is -2.44. The van der Waals surface area contributed by atoms with Gasteiger partial charge in [-0.3, -0.25) is 9.78 Å². The first-order chi connectivity index (χ1) is 11.2. The lowest BCUT2D eigenvalue weighted by atomic mass is 9.97. The zero-order chi connectivity index (χ0) is 15.8. The molecule has 4 rings (SSSR count). The average Bonchev–Trinajstić information content (AvgIpc) is 3.29. The van der Waals surface area contributed by atoms with Crippen molar-refractivity contribution < 1.29 is 9.21 Å². The first-order valence-electron chi connectivity index (χ1n) is 7.96. The molecule has 1 amide bonds. The SMILES string of the molecule is O=C([C@@H]1C[C@H]1c1ccncc1)N1CCCC(c2n[nH]c(=O)o2)C1. The number of rotatable bonds is 3. The van der Waals surface area contributed by atoms with E-state index in [0.717, 1.165) is 25.8 Å². The summed E-state index contributed by atoms with van der Waals surface area (Å²) in [5.74, 6) is 0.466. The molecule has 1 unspecified atom stereocenters. The normalized spacial score (nSPS) is 27.0. The van der Waals surface area contributed by atoms with Gasteiger partial charge in [-0.2, -0.15) is 0 Å². The maximum absolute atomic E-state index is 12.7. The highest BCUT2D eigenvalue weighted by Crippen LogP contribution is 2.48. The van der Waals surface area contributed by atoms with Crippen molar-refractivity contribution in [3.05, 3.63) is 46.5 Å². The lowest BCUT2D eigenvalue weighted by Gasteiger charge is -2.31. The Morgan fingerprint density at radius 1 is 1.35 bits per heavy atom. The Kier molecular flexibility index (Phi) is 3.48. The molecule has 1 N–H and O–H groups in total. The molecule has 0 bridgehead atoms. The molecular weight excluding hydrogens is 296 g/mol. The third kappa shape index (κ3) is 2.78. The van der Waals surface area contributed by atoms with Crippen LogP contribution < -0.4 is 5.76 Å². The van der Waals surface area contributed by atoms with Gasteiger partial charge in [0.2, 0.25) is 11.8 Å². The van der Waals surface area contributed by atoms with Crippen molar-refractivity contribution in [1.82, 2.24) is 20.1 Å². The lowest BCUT2D eigenvalue weighted by Crippen LogP contribution is -2.40. The zero-order valence-corrected chi connectivity index (χ0v) is 12.6. The third-order valence-electron chi connectivity index (χ3n) is 4.78. The summed E-state index contributed by atoms with van der Waals surface area (Å²) in [4.78, 5) is 29.7. The number of H-pyrrole nitrogens is 1. The maximum atomic E-state index is 12.7. The number of carbonyl (C=O) groups is 1. The topological polar surface area (TPSA) is 92.1 Å². The minimum absolute atomic E-state index is 0.00442. The molecular formula is C16H18N4O3. The summed E-state index contributed by atoms with van der Waals surface area (Å²) in [7, 11) is 0. The van der Waals surface area contributed by atoms with Crippen LogP contribution in [-0.4, -0.2) is 39.1 Å². The van der Waals surface area contributed by atoms with Crippen molar-refractivity contribution in [1.29, 1.82) is 0 Å². The lowest BCUT2D eigenvalue weighted by molar-refractivity contribution is -0.134. The van der Waals surface area contributed by atoms with E-state index in [-0.39, 0.29) is 17.7 Å². The zero-order valence-electron chi connectivity index (χ0n) is 12.6. The second-order valence-electron chi connectivity index (χ2n) is 6.30. The highest BCUT2D eigenvalue weighted by atomic mass is 16.4. The fourth-order valence-corrected chi connectivity index (χ4v) is 3.48. The molecule has 1 saturated carbocycles. The van der Waals surface area contributed by atoms with E-state index in [0.29, 0.717) is 18.4 Å². The molecule has 1 aliphatic carbocycles. The van der Waals surface area contributed by atoms with Gasteiger partial charge in [0.1, 0.15) is 0 Å². The minimum atomic E-state index is -0.539. The molecule has 2 fully saturated rings. The number of likely N-dealkylation sites (tertiary alicyclic amines) is 1. The predicted octanol–water partition coefficient (Wildman–Crippen LogP) is 1.27. The quantitative estimate of drug-likeness (QED) is 0.921. The van der Waals surface area contributed by atoms with Gasteiger partial charge in [-0.25, -0.2) is 9.89 Å². The van der Waals surface area contributed by atoms with Crippen molar-refractivity contribution >= 4 is 5.91 Å². The standard InChI is InChI=1S/C16H18N4O3/c21-15(13-8-12(13)10-3-5-17-6-4-10)20-7-1-2-11(9-20)14-18-19-16(22)23-14/h3-6,11-13H,1-2,7-9H2,(H,19,22)/t11?,12-,13+/m0/s1. The first kappa shape index (κ1) is 14.2. The number of amides is 1. The largest absolute Gasteiger partial charge is 0.434 e. The number of aromatic amines is 1.